The third-order valence-corrected chi connectivity index (χ3v) is 4.50. The molecule has 1 atom stereocenters. The first-order valence-corrected chi connectivity index (χ1v) is 7.71. The van der Waals surface area contributed by atoms with Crippen LogP contribution in [0.15, 0.2) is 36.4 Å². The van der Waals surface area contributed by atoms with E-state index in [9.17, 15) is 0 Å². The Morgan fingerprint density at radius 1 is 1.09 bits per heavy atom. The highest BCUT2D eigenvalue weighted by molar-refractivity contribution is 6.42. The van der Waals surface area contributed by atoms with Crippen LogP contribution in [0.4, 0.5) is 0 Å². The van der Waals surface area contributed by atoms with Gasteiger partial charge in [0, 0.05) is 12.0 Å². The van der Waals surface area contributed by atoms with Crippen LogP contribution in [0.1, 0.15) is 17.0 Å². The first-order valence-electron chi connectivity index (χ1n) is 6.95. The number of benzene rings is 2. The molecule has 0 spiro atoms. The molecule has 2 aromatic carbocycles. The summed E-state index contributed by atoms with van der Waals surface area (Å²) < 4.78 is 10.7. The summed E-state index contributed by atoms with van der Waals surface area (Å²) in [5, 5.41) is 1.10. The van der Waals surface area contributed by atoms with Gasteiger partial charge in [-0.15, -0.1) is 0 Å². The topological polar surface area (TPSA) is 44.5 Å². The molecule has 0 fully saturated rings. The second-order valence-corrected chi connectivity index (χ2v) is 5.74. The van der Waals surface area contributed by atoms with E-state index in [4.69, 9.17) is 38.4 Å². The fourth-order valence-electron chi connectivity index (χ4n) is 2.44. The number of ether oxygens (including phenoxy) is 2. The maximum absolute atomic E-state index is 6.32. The van der Waals surface area contributed by atoms with E-state index in [1.165, 1.54) is 0 Å². The van der Waals surface area contributed by atoms with E-state index in [2.05, 4.69) is 0 Å². The van der Waals surface area contributed by atoms with Gasteiger partial charge in [-0.3, -0.25) is 0 Å². The Balaban J connectivity index is 2.32. The molecule has 0 radical (unpaired) electrons. The average molecular weight is 340 g/mol. The van der Waals surface area contributed by atoms with Crippen molar-refractivity contribution in [1.82, 2.24) is 0 Å². The summed E-state index contributed by atoms with van der Waals surface area (Å²) in [5.74, 6) is 1.59. The second-order valence-electron chi connectivity index (χ2n) is 4.96. The Morgan fingerprint density at radius 2 is 1.86 bits per heavy atom. The Hall–Kier alpha value is -1.42. The van der Waals surface area contributed by atoms with Crippen LogP contribution in [0.2, 0.25) is 10.0 Å². The minimum atomic E-state index is 0.0634. The molecule has 0 saturated heterocycles. The standard InChI is InChI=1S/C17H19Cl2NO2/c1-21-13-7-6-11(16(9-13)22-2)8-12(10-20)14-4-3-5-15(18)17(14)19/h3-7,9,12H,8,10,20H2,1-2H3. The maximum atomic E-state index is 6.32. The van der Waals surface area contributed by atoms with Crippen LogP contribution < -0.4 is 15.2 Å². The third kappa shape index (κ3) is 3.67. The van der Waals surface area contributed by atoms with Crippen molar-refractivity contribution in [2.24, 2.45) is 5.73 Å². The zero-order chi connectivity index (χ0) is 16.1. The SMILES string of the molecule is COc1ccc(CC(CN)c2cccc(Cl)c2Cl)c(OC)c1. The van der Waals surface area contributed by atoms with Gasteiger partial charge in [0.1, 0.15) is 11.5 Å². The molecule has 118 valence electrons. The first kappa shape index (κ1) is 16.9. The van der Waals surface area contributed by atoms with E-state index >= 15 is 0 Å². The van der Waals surface area contributed by atoms with Gasteiger partial charge in [0.15, 0.2) is 0 Å². The third-order valence-electron chi connectivity index (χ3n) is 3.67. The highest BCUT2D eigenvalue weighted by atomic mass is 35.5. The molecule has 22 heavy (non-hydrogen) atoms. The highest BCUT2D eigenvalue weighted by Gasteiger charge is 2.18. The van der Waals surface area contributed by atoms with Crippen molar-refractivity contribution in [2.75, 3.05) is 20.8 Å². The number of methoxy groups -OCH3 is 2. The molecule has 0 aliphatic heterocycles. The lowest BCUT2D eigenvalue weighted by Crippen LogP contribution is -2.16. The van der Waals surface area contributed by atoms with Gasteiger partial charge in [0.25, 0.3) is 0 Å². The van der Waals surface area contributed by atoms with Gasteiger partial charge in [0.2, 0.25) is 0 Å². The van der Waals surface area contributed by atoms with Gasteiger partial charge >= 0.3 is 0 Å². The second kappa shape index (κ2) is 7.73. The highest BCUT2D eigenvalue weighted by Crippen LogP contribution is 2.34. The minimum absolute atomic E-state index is 0.0634. The van der Waals surface area contributed by atoms with E-state index in [0.29, 0.717) is 23.0 Å². The molecule has 0 amide bonds. The summed E-state index contributed by atoms with van der Waals surface area (Å²) in [6, 6.07) is 11.4. The number of nitrogens with two attached hydrogens (primary N) is 1. The molecule has 1 unspecified atom stereocenters. The fraction of sp³-hybridized carbons (Fsp3) is 0.294. The first-order chi connectivity index (χ1) is 10.6. The number of rotatable bonds is 6. The van der Waals surface area contributed by atoms with Gasteiger partial charge in [-0.2, -0.15) is 0 Å². The number of hydrogen-bond acceptors (Lipinski definition) is 3. The Bertz CT molecular complexity index is 647. The lowest BCUT2D eigenvalue weighted by molar-refractivity contribution is 0.390. The lowest BCUT2D eigenvalue weighted by Gasteiger charge is -2.19. The van der Waals surface area contributed by atoms with E-state index in [-0.39, 0.29) is 5.92 Å². The predicted octanol–water partition coefficient (Wildman–Crippen LogP) is 4.30. The molecule has 0 heterocycles. The van der Waals surface area contributed by atoms with Crippen LogP contribution in [0.25, 0.3) is 0 Å². The Kier molecular flexibility index (Phi) is 5.95. The summed E-state index contributed by atoms with van der Waals surface area (Å²) in [7, 11) is 3.27. The summed E-state index contributed by atoms with van der Waals surface area (Å²) >= 11 is 12.4. The quantitative estimate of drug-likeness (QED) is 0.853. The normalized spacial score (nSPS) is 12.0. The van der Waals surface area contributed by atoms with Crippen LogP contribution in [0.3, 0.4) is 0 Å². The molecule has 2 aromatic rings. The molecule has 0 saturated carbocycles. The molecule has 5 heteroatoms. The van der Waals surface area contributed by atoms with Gasteiger partial charge in [-0.1, -0.05) is 41.4 Å². The molecule has 0 aliphatic rings. The smallest absolute Gasteiger partial charge is 0.125 e. The largest absolute Gasteiger partial charge is 0.497 e. The molecule has 0 aromatic heterocycles. The summed E-state index contributed by atoms with van der Waals surface area (Å²) in [4.78, 5) is 0. The molecule has 3 nitrogen and oxygen atoms in total. The van der Waals surface area contributed by atoms with E-state index in [1.54, 1.807) is 20.3 Å². The summed E-state index contributed by atoms with van der Waals surface area (Å²) in [5.41, 5.74) is 7.96. The zero-order valence-electron chi connectivity index (χ0n) is 12.6. The minimum Gasteiger partial charge on any atom is -0.497 e. The van der Waals surface area contributed by atoms with E-state index in [1.807, 2.05) is 30.3 Å². The molecular formula is C17H19Cl2NO2. The lowest BCUT2D eigenvalue weighted by atomic mass is 9.91. The predicted molar refractivity (Wildman–Crippen MR) is 91.5 cm³/mol. The van der Waals surface area contributed by atoms with Gasteiger partial charge in [-0.25, -0.2) is 0 Å². The van der Waals surface area contributed by atoms with Crippen molar-refractivity contribution in [3.63, 3.8) is 0 Å². The van der Waals surface area contributed by atoms with Crippen molar-refractivity contribution < 1.29 is 9.47 Å². The van der Waals surface area contributed by atoms with Crippen LogP contribution in [-0.4, -0.2) is 20.8 Å². The van der Waals surface area contributed by atoms with Crippen molar-refractivity contribution in [1.29, 1.82) is 0 Å². The van der Waals surface area contributed by atoms with Gasteiger partial charge in [0.05, 0.1) is 24.3 Å². The maximum Gasteiger partial charge on any atom is 0.125 e. The molecule has 0 bridgehead atoms. The summed E-state index contributed by atoms with van der Waals surface area (Å²) in [6.07, 6.45) is 0.712. The number of halogens is 2. The van der Waals surface area contributed by atoms with E-state index in [0.717, 1.165) is 22.6 Å². The van der Waals surface area contributed by atoms with Crippen molar-refractivity contribution in [3.05, 3.63) is 57.6 Å². The van der Waals surface area contributed by atoms with Crippen molar-refractivity contribution in [3.8, 4) is 11.5 Å². The van der Waals surface area contributed by atoms with Crippen LogP contribution >= 0.6 is 23.2 Å². The average Bonchev–Trinajstić information content (AvgIpc) is 2.55. The van der Waals surface area contributed by atoms with Crippen LogP contribution in [0, 0.1) is 0 Å². The summed E-state index contributed by atoms with van der Waals surface area (Å²) in [6.45, 7) is 0.468. The van der Waals surface area contributed by atoms with Crippen LogP contribution in [0.5, 0.6) is 11.5 Å². The zero-order valence-corrected chi connectivity index (χ0v) is 14.1. The van der Waals surface area contributed by atoms with Gasteiger partial charge in [-0.05, 0) is 36.2 Å². The van der Waals surface area contributed by atoms with Crippen molar-refractivity contribution >= 4 is 23.2 Å². The van der Waals surface area contributed by atoms with E-state index < -0.39 is 0 Å². The molecule has 2 rings (SSSR count). The Morgan fingerprint density at radius 3 is 2.50 bits per heavy atom. The fourth-order valence-corrected chi connectivity index (χ4v) is 2.90. The van der Waals surface area contributed by atoms with Gasteiger partial charge < -0.3 is 15.2 Å². The van der Waals surface area contributed by atoms with Crippen molar-refractivity contribution in [2.45, 2.75) is 12.3 Å². The Labute approximate surface area is 140 Å². The van der Waals surface area contributed by atoms with Crippen LogP contribution in [-0.2, 0) is 6.42 Å². The molecule has 2 N–H and O–H groups in total. The number of hydrogen-bond donors (Lipinski definition) is 1. The molecular weight excluding hydrogens is 321 g/mol. The monoisotopic (exact) mass is 339 g/mol. The molecule has 0 aliphatic carbocycles.